The van der Waals surface area contributed by atoms with Crippen LogP contribution in [0.5, 0.6) is 0 Å². The topological polar surface area (TPSA) is 35.5 Å². The predicted octanol–water partition coefficient (Wildman–Crippen LogP) is 4.57. The van der Waals surface area contributed by atoms with Gasteiger partial charge in [-0.1, -0.05) is 37.3 Å². The van der Waals surface area contributed by atoms with Gasteiger partial charge >= 0.3 is 7.60 Å². The first-order valence-corrected chi connectivity index (χ1v) is 8.43. The fraction of sp³-hybridized carbons (Fsp3) is 0.467. The van der Waals surface area contributed by atoms with E-state index in [1.54, 1.807) is 0 Å². The molecule has 3 nitrogen and oxygen atoms in total. The van der Waals surface area contributed by atoms with Gasteiger partial charge < -0.3 is 9.05 Å². The van der Waals surface area contributed by atoms with Gasteiger partial charge in [0, 0.05) is 6.16 Å². The number of hydrogen-bond donors (Lipinski definition) is 0. The Kier molecular flexibility index (Phi) is 7.07. The Hall–Kier alpha value is -0.890. The molecule has 0 aliphatic heterocycles. The van der Waals surface area contributed by atoms with E-state index in [-0.39, 0.29) is 0 Å². The Morgan fingerprint density at radius 1 is 1.16 bits per heavy atom. The molecule has 1 aromatic rings. The van der Waals surface area contributed by atoms with Gasteiger partial charge in [-0.05, 0) is 30.9 Å². The predicted molar refractivity (Wildman–Crippen MR) is 79.5 cm³/mol. The molecule has 0 aliphatic rings. The molecule has 0 amide bonds. The lowest BCUT2D eigenvalue weighted by molar-refractivity contribution is 0.206. The molecule has 1 atom stereocenters. The van der Waals surface area contributed by atoms with Gasteiger partial charge in [0.25, 0.3) is 0 Å². The Balaban J connectivity index is 2.53. The second-order valence-corrected chi connectivity index (χ2v) is 6.63. The molecule has 0 heterocycles. The molecule has 1 aromatic carbocycles. The fourth-order valence-corrected chi connectivity index (χ4v) is 2.84. The molecule has 0 aromatic heterocycles. The monoisotopic (exact) mass is 282 g/mol. The smallest absolute Gasteiger partial charge is 0.309 e. The molecule has 1 rings (SSSR count). The van der Waals surface area contributed by atoms with E-state index in [4.69, 9.17) is 9.05 Å². The lowest BCUT2D eigenvalue weighted by Crippen LogP contribution is -1.99. The molecule has 1 unspecified atom stereocenters. The summed E-state index contributed by atoms with van der Waals surface area (Å²) in [6.45, 7) is 8.08. The molecule has 4 heteroatoms. The highest BCUT2D eigenvalue weighted by molar-refractivity contribution is 7.53. The van der Waals surface area contributed by atoms with Crippen molar-refractivity contribution < 1.29 is 13.6 Å². The zero-order valence-corrected chi connectivity index (χ0v) is 12.7. The van der Waals surface area contributed by atoms with E-state index in [2.05, 4.69) is 18.7 Å². The van der Waals surface area contributed by atoms with E-state index in [0.29, 0.717) is 19.4 Å². The van der Waals surface area contributed by atoms with Gasteiger partial charge in [-0.2, -0.15) is 0 Å². The van der Waals surface area contributed by atoms with Crippen molar-refractivity contribution in [1.29, 1.82) is 0 Å². The molecule has 0 spiro atoms. The summed E-state index contributed by atoms with van der Waals surface area (Å²) in [5.41, 5.74) is 2.28. The Bertz CT molecular complexity index is 426. The van der Waals surface area contributed by atoms with Gasteiger partial charge in [-0.15, -0.1) is 6.58 Å². The molecule has 0 N–H and O–H groups in total. The highest BCUT2D eigenvalue weighted by atomic mass is 31.2. The zero-order valence-electron chi connectivity index (χ0n) is 11.8. The third-order valence-corrected chi connectivity index (χ3v) is 4.75. The SMILES string of the molecule is C=CCCc1ccc(COP(=O)(CC)OCC)cc1. The van der Waals surface area contributed by atoms with Crippen LogP contribution >= 0.6 is 7.60 Å². The highest BCUT2D eigenvalue weighted by Crippen LogP contribution is 2.48. The standard InChI is InChI=1S/C15H23O3P/c1-4-7-8-14-9-11-15(12-10-14)13-18-19(16,6-3)17-5-2/h4,9-12H,1,5-8,13H2,2-3H3. The number of hydrogen-bond acceptors (Lipinski definition) is 3. The maximum Gasteiger partial charge on any atom is 0.330 e. The molecule has 106 valence electrons. The van der Waals surface area contributed by atoms with E-state index < -0.39 is 7.60 Å². The third kappa shape index (κ3) is 5.73. The largest absolute Gasteiger partial charge is 0.330 e. The first-order chi connectivity index (χ1) is 9.13. The minimum atomic E-state index is -2.91. The van der Waals surface area contributed by atoms with Crippen LogP contribution in [0.25, 0.3) is 0 Å². The van der Waals surface area contributed by atoms with Crippen LogP contribution in [0, 0.1) is 0 Å². The number of rotatable bonds is 9. The Morgan fingerprint density at radius 3 is 2.32 bits per heavy atom. The van der Waals surface area contributed by atoms with Gasteiger partial charge in [0.1, 0.15) is 0 Å². The second kappa shape index (κ2) is 8.31. The molecule has 0 aliphatic carbocycles. The molecular weight excluding hydrogens is 259 g/mol. The van der Waals surface area contributed by atoms with E-state index in [0.717, 1.165) is 18.4 Å². The first-order valence-electron chi connectivity index (χ1n) is 6.70. The van der Waals surface area contributed by atoms with Crippen molar-refractivity contribution in [3.8, 4) is 0 Å². The van der Waals surface area contributed by atoms with Crippen LogP contribution in [0.15, 0.2) is 36.9 Å². The highest BCUT2D eigenvalue weighted by Gasteiger charge is 2.20. The number of benzene rings is 1. The van der Waals surface area contributed by atoms with E-state index >= 15 is 0 Å². The maximum absolute atomic E-state index is 12.1. The molecule has 0 radical (unpaired) electrons. The van der Waals surface area contributed by atoms with Crippen molar-refractivity contribution in [2.24, 2.45) is 0 Å². The van der Waals surface area contributed by atoms with Crippen molar-refractivity contribution in [2.45, 2.75) is 33.3 Å². The average molecular weight is 282 g/mol. The number of aryl methyl sites for hydroxylation is 1. The van der Waals surface area contributed by atoms with Crippen LogP contribution in [0.4, 0.5) is 0 Å². The second-order valence-electron chi connectivity index (χ2n) is 4.26. The summed E-state index contributed by atoms with van der Waals surface area (Å²) in [5, 5.41) is 0. The van der Waals surface area contributed by atoms with Gasteiger partial charge in [0.15, 0.2) is 0 Å². The zero-order chi connectivity index (χ0) is 14.1. The molecule has 0 fully saturated rings. The summed E-state index contributed by atoms with van der Waals surface area (Å²) in [6, 6.07) is 8.15. The van der Waals surface area contributed by atoms with Crippen molar-refractivity contribution >= 4 is 7.60 Å². The van der Waals surface area contributed by atoms with Crippen LogP contribution in [0.1, 0.15) is 31.4 Å². The Morgan fingerprint density at radius 2 is 1.79 bits per heavy atom. The molecule has 0 bridgehead atoms. The van der Waals surface area contributed by atoms with Crippen LogP contribution in [0.2, 0.25) is 0 Å². The Labute approximate surface area is 116 Å². The quantitative estimate of drug-likeness (QED) is 0.491. The summed E-state index contributed by atoms with van der Waals surface area (Å²) < 4.78 is 22.8. The van der Waals surface area contributed by atoms with Crippen molar-refractivity contribution in [3.05, 3.63) is 48.0 Å². The fourth-order valence-electron chi connectivity index (χ4n) is 1.66. The van der Waals surface area contributed by atoms with E-state index in [1.165, 1.54) is 5.56 Å². The molecule has 0 saturated carbocycles. The number of allylic oxidation sites excluding steroid dienone is 1. The van der Waals surface area contributed by atoms with Gasteiger partial charge in [-0.3, -0.25) is 4.57 Å². The molecule has 19 heavy (non-hydrogen) atoms. The van der Waals surface area contributed by atoms with E-state index in [1.807, 2.05) is 32.1 Å². The van der Waals surface area contributed by atoms with E-state index in [9.17, 15) is 4.57 Å². The van der Waals surface area contributed by atoms with Crippen molar-refractivity contribution in [3.63, 3.8) is 0 Å². The third-order valence-electron chi connectivity index (χ3n) is 2.80. The summed E-state index contributed by atoms with van der Waals surface area (Å²) >= 11 is 0. The minimum absolute atomic E-state index is 0.326. The lowest BCUT2D eigenvalue weighted by Gasteiger charge is -2.16. The summed E-state index contributed by atoms with van der Waals surface area (Å²) in [4.78, 5) is 0. The van der Waals surface area contributed by atoms with Crippen LogP contribution in [-0.4, -0.2) is 12.8 Å². The lowest BCUT2D eigenvalue weighted by atomic mass is 10.1. The maximum atomic E-state index is 12.1. The average Bonchev–Trinajstić information content (AvgIpc) is 2.44. The first kappa shape index (κ1) is 16.2. The molecular formula is C15H23O3P. The van der Waals surface area contributed by atoms with Crippen molar-refractivity contribution in [2.75, 3.05) is 12.8 Å². The van der Waals surface area contributed by atoms with Crippen molar-refractivity contribution in [1.82, 2.24) is 0 Å². The summed E-state index contributed by atoms with van der Waals surface area (Å²) in [7, 11) is -2.91. The van der Waals surface area contributed by atoms with Gasteiger partial charge in [0.05, 0.1) is 13.2 Å². The van der Waals surface area contributed by atoms with Crippen LogP contribution < -0.4 is 0 Å². The van der Waals surface area contributed by atoms with Gasteiger partial charge in [-0.25, -0.2) is 0 Å². The normalized spacial score (nSPS) is 14.0. The van der Waals surface area contributed by atoms with Crippen LogP contribution in [0.3, 0.4) is 0 Å². The minimum Gasteiger partial charge on any atom is -0.309 e. The van der Waals surface area contributed by atoms with Gasteiger partial charge in [0.2, 0.25) is 0 Å². The summed E-state index contributed by atoms with van der Waals surface area (Å²) in [5.74, 6) is 0. The molecule has 0 saturated heterocycles. The summed E-state index contributed by atoms with van der Waals surface area (Å²) in [6.07, 6.45) is 4.29. The van der Waals surface area contributed by atoms with Crippen LogP contribution in [-0.2, 0) is 26.6 Å².